The normalized spacial score (nSPS) is 16.3. The summed E-state index contributed by atoms with van der Waals surface area (Å²) in [5.41, 5.74) is 20.7. The van der Waals surface area contributed by atoms with Crippen LogP contribution in [0.2, 0.25) is 0 Å². The van der Waals surface area contributed by atoms with Crippen molar-refractivity contribution < 1.29 is 17.9 Å². The Labute approximate surface area is 367 Å². The van der Waals surface area contributed by atoms with Crippen LogP contribution < -0.4 is 5.73 Å². The van der Waals surface area contributed by atoms with Crippen LogP contribution >= 0.6 is 90.4 Å². The first-order valence-corrected chi connectivity index (χ1v) is 22.3. The first-order valence-electron chi connectivity index (χ1n) is 16.3. The zero-order valence-electron chi connectivity index (χ0n) is 27.6. The molecule has 2 aliphatic rings. The fourth-order valence-electron chi connectivity index (χ4n) is 5.90. The Kier molecular flexibility index (Phi) is 12.3. The monoisotopic (exact) mass is 1170 g/mol. The van der Waals surface area contributed by atoms with E-state index in [4.69, 9.17) is 10.7 Å². The van der Waals surface area contributed by atoms with Crippen molar-refractivity contribution in [1.29, 1.82) is 0 Å². The van der Waals surface area contributed by atoms with Gasteiger partial charge in [0.2, 0.25) is 0 Å². The van der Waals surface area contributed by atoms with E-state index in [0.29, 0.717) is 5.70 Å². The van der Waals surface area contributed by atoms with Crippen LogP contribution in [0, 0.1) is 14.3 Å². The summed E-state index contributed by atoms with van der Waals surface area (Å²) in [4.78, 5) is 13.6. The van der Waals surface area contributed by atoms with Gasteiger partial charge in [-0.05, 0) is 167 Å². The Morgan fingerprint density at radius 3 is 1.73 bits per heavy atom. The molecule has 0 fully saturated rings. The third-order valence-electron chi connectivity index (χ3n) is 8.44. The summed E-state index contributed by atoms with van der Waals surface area (Å²) in [5.74, 6) is 0. The molecule has 0 unspecified atom stereocenters. The summed E-state index contributed by atoms with van der Waals surface area (Å²) in [6, 6.07) is 38.3. The minimum atomic E-state index is 0.655. The van der Waals surface area contributed by atoms with Gasteiger partial charge in [0.15, 0.2) is 0 Å². The third-order valence-corrected chi connectivity index (χ3v) is 12.2. The number of allylic oxidation sites excluding steroid dienone is 6. The van der Waals surface area contributed by atoms with Gasteiger partial charge in [0.05, 0.1) is 0 Å². The summed E-state index contributed by atoms with van der Waals surface area (Å²) in [6.07, 6.45) is 12.6. The molecule has 4 aromatic carbocycles. The zero-order chi connectivity index (χ0) is 36.2. The fourth-order valence-corrected chi connectivity index (χ4v) is 7.81. The van der Waals surface area contributed by atoms with Crippen LogP contribution in [0.5, 0.6) is 0 Å². The van der Waals surface area contributed by atoms with Crippen molar-refractivity contribution in [2.45, 2.75) is 0 Å². The molecule has 2 aliphatic heterocycles. The van der Waals surface area contributed by atoms with Crippen LogP contribution in [0.25, 0.3) is 34.9 Å². The number of halogens is 4. The van der Waals surface area contributed by atoms with Gasteiger partial charge in [-0.15, -0.1) is 0 Å². The molecule has 0 bridgehead atoms. The van der Waals surface area contributed by atoms with Gasteiger partial charge in [-0.3, -0.25) is 0 Å². The van der Waals surface area contributed by atoms with E-state index in [0.717, 1.165) is 98.2 Å². The van der Waals surface area contributed by atoms with E-state index in [1.807, 2.05) is 6.08 Å². The van der Waals surface area contributed by atoms with Crippen LogP contribution in [-0.4, -0.2) is 21.0 Å². The molecule has 0 saturated heterocycles. The molecule has 52 heavy (non-hydrogen) atoms. The Morgan fingerprint density at radius 2 is 1.15 bits per heavy atom. The number of hydrogen-bond acceptors (Lipinski definition) is 3. The van der Waals surface area contributed by atoms with Gasteiger partial charge in [-0.2, -0.15) is 0 Å². The molecular weight excluding hydrogens is 1150 g/mol. The van der Waals surface area contributed by atoms with Crippen molar-refractivity contribution >= 4 is 141 Å². The molecule has 0 radical (unpaired) electrons. The van der Waals surface area contributed by atoms with E-state index < -0.39 is 0 Å². The smallest absolute Gasteiger partial charge is 0.0533 e. The molecule has 3 N–H and O–H groups in total. The molecule has 0 amide bonds. The molecule has 7 rings (SSSR count). The first-order chi connectivity index (χ1) is 25.2. The molecular formula is C43H28I4N4Zn. The number of rotatable bonds is 9. The van der Waals surface area contributed by atoms with E-state index in [2.05, 4.69) is 245 Å². The summed E-state index contributed by atoms with van der Waals surface area (Å²) in [5, 5.41) is 0. The molecule has 1 aromatic heterocycles. The van der Waals surface area contributed by atoms with Crippen LogP contribution in [0.1, 0.15) is 33.6 Å². The summed E-state index contributed by atoms with van der Waals surface area (Å²) in [6.45, 7) is 0. The number of aromatic nitrogens is 1. The minimum Gasteiger partial charge on any atom is -0.0533 e. The second-order valence-corrected chi connectivity index (χ2v) is 17.9. The quantitative estimate of drug-likeness (QED) is 0.0657. The number of hydrogen-bond donors (Lipinski definition) is 2. The molecule has 0 atom stereocenters. The maximum absolute atomic E-state index is 7.47. The van der Waals surface area contributed by atoms with Crippen molar-refractivity contribution in [3.8, 4) is 0 Å². The third kappa shape index (κ3) is 9.08. The van der Waals surface area contributed by atoms with Crippen molar-refractivity contribution in [2.75, 3.05) is 0 Å². The van der Waals surface area contributed by atoms with Gasteiger partial charge in [-0.1, -0.05) is 48.5 Å². The summed E-state index contributed by atoms with van der Waals surface area (Å²) in [7, 11) is 0. The van der Waals surface area contributed by atoms with Crippen LogP contribution in [0.4, 0.5) is 0 Å². The van der Waals surface area contributed by atoms with E-state index in [9.17, 15) is 0 Å². The van der Waals surface area contributed by atoms with E-state index in [1.165, 1.54) is 7.14 Å². The SMILES string of the molecule is N/C(C(=Cc1ccc(I)cc1)c1ccc(I)cc1)=C(\C1=NC(=Cc2ccc(C=C3C=CC([CH]=[Zn])=N3)[nH]2)C=C1c1ccc(I)cc1)c1ccc(I)cc1. The molecule has 3 heterocycles. The standard InChI is InChI=1S/C43H28I4N4.Zn/c1-26-2-19-35(49-26)23-36-20-21-37(50-36)24-38-25-40(29-7-15-33(46)16-8-29)43(51-38)41(30-9-17-34(47)18-10-30)42(48)39(28-5-13-32(45)14-6-28)22-27-3-11-31(44)12-4-27;/h1-25,50H,48H2;/b35-23?,38-24?,39-22?,42-41-;. The van der Waals surface area contributed by atoms with Gasteiger partial charge in [-0.25, -0.2) is 0 Å². The second-order valence-electron chi connectivity index (χ2n) is 12.0. The predicted molar refractivity (Wildman–Crippen MR) is 250 cm³/mol. The van der Waals surface area contributed by atoms with Crippen LogP contribution in [-0.2, 0) is 17.9 Å². The second kappa shape index (κ2) is 17.1. The summed E-state index contributed by atoms with van der Waals surface area (Å²) < 4.78 is 6.79. The van der Waals surface area contributed by atoms with Gasteiger partial charge in [0, 0.05) is 31.1 Å². The molecule has 4 nitrogen and oxygen atoms in total. The molecule has 0 spiro atoms. The van der Waals surface area contributed by atoms with Gasteiger partial charge in [0.25, 0.3) is 0 Å². The van der Waals surface area contributed by atoms with E-state index in [-0.39, 0.29) is 0 Å². The Hall–Kier alpha value is -2.85. The van der Waals surface area contributed by atoms with Crippen molar-refractivity contribution in [1.82, 2.24) is 4.98 Å². The summed E-state index contributed by atoms with van der Waals surface area (Å²) >= 11 is 10.5. The number of H-pyrrole nitrogens is 1. The number of nitrogens with zero attached hydrogens (tertiary/aromatic N) is 2. The number of aliphatic imine (C=N–C) groups is 2. The Morgan fingerprint density at radius 1 is 0.615 bits per heavy atom. The minimum absolute atomic E-state index is 0.655. The number of benzene rings is 4. The first kappa shape index (κ1) is 37.5. The van der Waals surface area contributed by atoms with Crippen molar-refractivity contribution in [2.24, 2.45) is 15.7 Å². The van der Waals surface area contributed by atoms with E-state index >= 15 is 0 Å². The van der Waals surface area contributed by atoms with Gasteiger partial charge < -0.3 is 5.73 Å². The van der Waals surface area contributed by atoms with Crippen molar-refractivity contribution in [3.63, 3.8) is 0 Å². The van der Waals surface area contributed by atoms with E-state index in [1.54, 1.807) is 0 Å². The number of aromatic amines is 1. The van der Waals surface area contributed by atoms with Gasteiger partial charge in [0.1, 0.15) is 0 Å². The Balaban J connectivity index is 1.42. The zero-order valence-corrected chi connectivity index (χ0v) is 39.2. The topological polar surface area (TPSA) is 66.5 Å². The number of nitrogens with one attached hydrogen (secondary N) is 1. The van der Waals surface area contributed by atoms with Crippen molar-refractivity contribution in [3.05, 3.63) is 192 Å². The molecule has 9 heteroatoms. The fraction of sp³-hybridized carbons (Fsp3) is 0. The molecule has 250 valence electrons. The molecule has 0 aliphatic carbocycles. The average Bonchev–Trinajstić information content (AvgIpc) is 3.90. The van der Waals surface area contributed by atoms with Crippen LogP contribution in [0.15, 0.2) is 154 Å². The Bertz CT molecular complexity index is 2420. The molecule has 5 aromatic rings. The van der Waals surface area contributed by atoms with Gasteiger partial charge >= 0.3 is 120 Å². The average molecular weight is 1170 g/mol. The molecule has 0 saturated carbocycles. The predicted octanol–water partition coefficient (Wildman–Crippen LogP) is 11.6. The maximum atomic E-state index is 7.47. The van der Waals surface area contributed by atoms with Crippen LogP contribution in [0.3, 0.4) is 0 Å². The number of nitrogens with two attached hydrogens (primary N) is 1.